The van der Waals surface area contributed by atoms with Crippen molar-refractivity contribution < 1.29 is 19.1 Å². The van der Waals surface area contributed by atoms with Gasteiger partial charge in [-0.05, 0) is 54.6 Å². The van der Waals surface area contributed by atoms with Crippen LogP contribution >= 0.6 is 11.5 Å². The molecule has 1 aliphatic rings. The highest BCUT2D eigenvalue weighted by molar-refractivity contribution is 7.09. The lowest BCUT2D eigenvalue weighted by Gasteiger charge is -2.32. The number of nitrogens with one attached hydrogen (secondary N) is 1. The van der Waals surface area contributed by atoms with Crippen LogP contribution < -0.4 is 21.5 Å². The van der Waals surface area contributed by atoms with Crippen molar-refractivity contribution in [2.45, 2.75) is 51.2 Å². The molecule has 4 rings (SSSR count). The summed E-state index contributed by atoms with van der Waals surface area (Å²) < 4.78 is 9.57. The van der Waals surface area contributed by atoms with E-state index in [-0.39, 0.29) is 34.8 Å². The van der Waals surface area contributed by atoms with Crippen LogP contribution in [0.25, 0.3) is 0 Å². The standard InChI is InChI=1S/C27H31N5O4S/c1-2-36-20-14-12-18(13-15-20)23(26(34)30-19-10-6-7-11-19)32(16-17-8-4-3-5-9-17)27(35)24-21(28)22(25(29)33)31-37-24/h3-5,8-9,12-15,19,23H,2,6-7,10-11,16,28H2,1H3,(H2,29,33)(H,30,34). The van der Waals surface area contributed by atoms with Crippen molar-refractivity contribution in [2.24, 2.45) is 5.73 Å². The Morgan fingerprint density at radius 1 is 1.11 bits per heavy atom. The molecule has 0 radical (unpaired) electrons. The van der Waals surface area contributed by atoms with Gasteiger partial charge in [0.15, 0.2) is 5.69 Å². The number of amides is 3. The fraction of sp³-hybridized carbons (Fsp3) is 0.333. The number of rotatable bonds is 10. The number of hydrogen-bond donors (Lipinski definition) is 3. The van der Waals surface area contributed by atoms with Crippen molar-refractivity contribution in [3.8, 4) is 5.75 Å². The molecule has 1 atom stereocenters. The van der Waals surface area contributed by atoms with Crippen LogP contribution in [0.5, 0.6) is 5.75 Å². The van der Waals surface area contributed by atoms with Gasteiger partial charge in [0.1, 0.15) is 16.7 Å². The molecule has 3 amide bonds. The molecule has 0 aliphatic heterocycles. The predicted molar refractivity (Wildman–Crippen MR) is 142 cm³/mol. The summed E-state index contributed by atoms with van der Waals surface area (Å²) in [6.07, 6.45) is 3.91. The molecule has 1 unspecified atom stereocenters. The number of primary amides is 1. The smallest absolute Gasteiger partial charge is 0.270 e. The van der Waals surface area contributed by atoms with E-state index in [1.165, 1.54) is 4.90 Å². The SMILES string of the molecule is CCOc1ccc(C(C(=O)NC2CCCC2)N(Cc2ccccc2)C(=O)c2snc(C(N)=O)c2N)cc1. The van der Waals surface area contributed by atoms with Crippen molar-refractivity contribution in [1.82, 2.24) is 14.6 Å². The zero-order valence-corrected chi connectivity index (χ0v) is 21.5. The fourth-order valence-corrected chi connectivity index (χ4v) is 5.32. The minimum Gasteiger partial charge on any atom is -0.494 e. The molecule has 3 aromatic rings. The molecule has 2 aromatic carbocycles. The highest BCUT2D eigenvalue weighted by Gasteiger charge is 2.36. The number of ether oxygens (including phenoxy) is 1. The Kier molecular flexibility index (Phi) is 8.39. The largest absolute Gasteiger partial charge is 0.494 e. The molecule has 1 aromatic heterocycles. The molecule has 194 valence electrons. The van der Waals surface area contributed by atoms with Crippen molar-refractivity contribution in [3.63, 3.8) is 0 Å². The third-order valence-corrected chi connectivity index (χ3v) is 7.23. The number of carbonyl (C=O) groups is 3. The van der Waals surface area contributed by atoms with Gasteiger partial charge in [-0.3, -0.25) is 14.4 Å². The van der Waals surface area contributed by atoms with Crippen LogP contribution in [-0.4, -0.2) is 39.6 Å². The van der Waals surface area contributed by atoms with E-state index in [1.54, 1.807) is 24.3 Å². The molecule has 37 heavy (non-hydrogen) atoms. The first-order valence-corrected chi connectivity index (χ1v) is 13.1. The van der Waals surface area contributed by atoms with E-state index in [0.717, 1.165) is 42.8 Å². The number of aromatic nitrogens is 1. The second-order valence-electron chi connectivity index (χ2n) is 8.95. The quantitative estimate of drug-likeness (QED) is 0.372. The van der Waals surface area contributed by atoms with Gasteiger partial charge in [-0.1, -0.05) is 55.3 Å². The van der Waals surface area contributed by atoms with E-state index in [0.29, 0.717) is 17.9 Å². The van der Waals surface area contributed by atoms with Gasteiger partial charge >= 0.3 is 0 Å². The van der Waals surface area contributed by atoms with Gasteiger partial charge in [-0.2, -0.15) is 4.37 Å². The van der Waals surface area contributed by atoms with Gasteiger partial charge in [0.2, 0.25) is 5.91 Å². The fourth-order valence-electron chi connectivity index (χ4n) is 4.56. The van der Waals surface area contributed by atoms with Crippen LogP contribution in [0, 0.1) is 0 Å². The Morgan fingerprint density at radius 3 is 2.38 bits per heavy atom. The van der Waals surface area contributed by atoms with Crippen LogP contribution in [0.1, 0.15) is 69.9 Å². The minimum absolute atomic E-state index is 0.0568. The highest BCUT2D eigenvalue weighted by Crippen LogP contribution is 2.32. The zero-order valence-electron chi connectivity index (χ0n) is 20.7. The second kappa shape index (κ2) is 11.9. The second-order valence-corrected chi connectivity index (χ2v) is 9.72. The molecule has 5 N–H and O–H groups in total. The van der Waals surface area contributed by atoms with E-state index in [2.05, 4.69) is 9.69 Å². The Morgan fingerprint density at radius 2 is 1.78 bits per heavy atom. The molecule has 1 aliphatic carbocycles. The minimum atomic E-state index is -0.956. The first-order chi connectivity index (χ1) is 17.9. The zero-order chi connectivity index (χ0) is 26.4. The molecular formula is C27H31N5O4S. The summed E-state index contributed by atoms with van der Waals surface area (Å²) in [6.45, 7) is 2.54. The third-order valence-electron chi connectivity index (χ3n) is 6.38. The maximum absolute atomic E-state index is 14.0. The topological polar surface area (TPSA) is 141 Å². The van der Waals surface area contributed by atoms with Crippen molar-refractivity contribution in [3.05, 3.63) is 76.3 Å². The van der Waals surface area contributed by atoms with Gasteiger partial charge in [0.25, 0.3) is 11.8 Å². The van der Waals surface area contributed by atoms with Crippen LogP contribution in [0.3, 0.4) is 0 Å². The van der Waals surface area contributed by atoms with Crippen molar-refractivity contribution in [2.75, 3.05) is 12.3 Å². The maximum Gasteiger partial charge on any atom is 0.270 e. The highest BCUT2D eigenvalue weighted by atomic mass is 32.1. The summed E-state index contributed by atoms with van der Waals surface area (Å²) in [6, 6.07) is 15.6. The maximum atomic E-state index is 14.0. The summed E-state index contributed by atoms with van der Waals surface area (Å²) in [4.78, 5) is 41.1. The lowest BCUT2D eigenvalue weighted by atomic mass is 10.0. The number of benzene rings is 2. The molecule has 1 saturated carbocycles. The number of nitrogens with zero attached hydrogens (tertiary/aromatic N) is 2. The number of anilines is 1. The summed E-state index contributed by atoms with van der Waals surface area (Å²) in [7, 11) is 0. The summed E-state index contributed by atoms with van der Waals surface area (Å²) in [5.74, 6) is -0.935. The first-order valence-electron chi connectivity index (χ1n) is 12.3. The van der Waals surface area contributed by atoms with Gasteiger partial charge in [-0.25, -0.2) is 0 Å². The lowest BCUT2D eigenvalue weighted by molar-refractivity contribution is -0.126. The van der Waals surface area contributed by atoms with E-state index >= 15 is 0 Å². The Bertz CT molecular complexity index is 1240. The number of carbonyl (C=O) groups excluding carboxylic acids is 3. The normalized spacial score (nSPS) is 14.2. The average molecular weight is 522 g/mol. The lowest BCUT2D eigenvalue weighted by Crippen LogP contribution is -2.45. The molecule has 9 nitrogen and oxygen atoms in total. The van der Waals surface area contributed by atoms with Crippen molar-refractivity contribution >= 4 is 34.9 Å². The molecule has 0 saturated heterocycles. The van der Waals surface area contributed by atoms with Crippen LogP contribution in [0.4, 0.5) is 5.69 Å². The number of nitrogens with two attached hydrogens (primary N) is 2. The van der Waals surface area contributed by atoms with E-state index in [9.17, 15) is 14.4 Å². The molecule has 0 spiro atoms. The summed E-state index contributed by atoms with van der Waals surface area (Å²) in [5.41, 5.74) is 12.7. The van der Waals surface area contributed by atoms with E-state index in [1.807, 2.05) is 37.3 Å². The number of hydrogen-bond acceptors (Lipinski definition) is 7. The monoisotopic (exact) mass is 521 g/mol. The Labute approximate surface area is 220 Å². The molecule has 1 fully saturated rings. The van der Waals surface area contributed by atoms with Crippen LogP contribution in [0.15, 0.2) is 54.6 Å². The molecule has 1 heterocycles. The van der Waals surface area contributed by atoms with E-state index in [4.69, 9.17) is 16.2 Å². The number of nitrogen functional groups attached to an aromatic ring is 1. The predicted octanol–water partition coefficient (Wildman–Crippen LogP) is 3.67. The summed E-state index contributed by atoms with van der Waals surface area (Å²) in [5, 5.41) is 3.15. The van der Waals surface area contributed by atoms with Gasteiger partial charge in [-0.15, -0.1) is 0 Å². The molecular weight excluding hydrogens is 490 g/mol. The Hall–Kier alpha value is -3.92. The summed E-state index contributed by atoms with van der Waals surface area (Å²) >= 11 is 0.799. The van der Waals surface area contributed by atoms with Crippen LogP contribution in [0.2, 0.25) is 0 Å². The van der Waals surface area contributed by atoms with Crippen LogP contribution in [-0.2, 0) is 11.3 Å². The molecule has 0 bridgehead atoms. The van der Waals surface area contributed by atoms with Crippen molar-refractivity contribution in [1.29, 1.82) is 0 Å². The van der Waals surface area contributed by atoms with Gasteiger partial charge in [0, 0.05) is 12.6 Å². The third kappa shape index (κ3) is 6.08. The van der Waals surface area contributed by atoms with E-state index < -0.39 is 17.9 Å². The average Bonchev–Trinajstić information content (AvgIpc) is 3.54. The van der Waals surface area contributed by atoms with Gasteiger partial charge < -0.3 is 26.4 Å². The van der Waals surface area contributed by atoms with Gasteiger partial charge in [0.05, 0.1) is 12.3 Å². The molecule has 10 heteroatoms. The Balaban J connectivity index is 1.78. The first kappa shape index (κ1) is 26.2.